The minimum Gasteiger partial charge on any atom is -0.370 e. The third-order valence-corrected chi connectivity index (χ3v) is 2.04. The van der Waals surface area contributed by atoms with E-state index in [2.05, 4.69) is 16.9 Å². The molecule has 1 unspecified atom stereocenters. The van der Waals surface area contributed by atoms with E-state index in [9.17, 15) is 4.79 Å². The predicted octanol–water partition coefficient (Wildman–Crippen LogP) is 2.51. The third-order valence-electron chi connectivity index (χ3n) is 2.04. The molecule has 0 radical (unpaired) electrons. The number of nitrogens with two attached hydrogens (primary N) is 1. The van der Waals surface area contributed by atoms with E-state index in [1.165, 1.54) is 12.8 Å². The fourth-order valence-electron chi connectivity index (χ4n) is 1.31. The summed E-state index contributed by atoms with van der Waals surface area (Å²) in [6.07, 6.45) is 5.38. The van der Waals surface area contributed by atoms with Crippen LogP contribution < -0.4 is 5.73 Å². The fourth-order valence-corrected chi connectivity index (χ4v) is 1.31. The van der Waals surface area contributed by atoms with Gasteiger partial charge in [0, 0.05) is 17.4 Å². The standard InChI is InChI=1S/C9H18N4O/c1-2-3-4-5-6-8(12-13-11)7-9(10)14/h8H,2-7H2,1H3,(H2,10,14). The molecule has 0 saturated carbocycles. The van der Waals surface area contributed by atoms with Crippen molar-refractivity contribution in [3.05, 3.63) is 10.4 Å². The fraction of sp³-hybridized carbons (Fsp3) is 0.889. The van der Waals surface area contributed by atoms with Crippen LogP contribution in [0.25, 0.3) is 10.4 Å². The molecule has 5 heteroatoms. The second-order valence-electron chi connectivity index (χ2n) is 3.38. The van der Waals surface area contributed by atoms with E-state index >= 15 is 0 Å². The lowest BCUT2D eigenvalue weighted by atomic mass is 10.1. The predicted molar refractivity (Wildman–Crippen MR) is 55.5 cm³/mol. The molecule has 0 aliphatic carbocycles. The van der Waals surface area contributed by atoms with Crippen LogP contribution in [0, 0.1) is 0 Å². The number of hydrogen-bond donors (Lipinski definition) is 1. The lowest BCUT2D eigenvalue weighted by Crippen LogP contribution is -2.18. The number of primary amides is 1. The Hall–Kier alpha value is -1.22. The highest BCUT2D eigenvalue weighted by atomic mass is 16.1. The van der Waals surface area contributed by atoms with Gasteiger partial charge >= 0.3 is 0 Å². The van der Waals surface area contributed by atoms with Gasteiger partial charge < -0.3 is 5.73 Å². The molecule has 0 aromatic heterocycles. The van der Waals surface area contributed by atoms with Crippen molar-refractivity contribution in [2.24, 2.45) is 10.8 Å². The normalized spacial score (nSPS) is 11.8. The van der Waals surface area contributed by atoms with Gasteiger partial charge in [0.05, 0.1) is 0 Å². The largest absolute Gasteiger partial charge is 0.370 e. The Morgan fingerprint density at radius 2 is 2.21 bits per heavy atom. The SMILES string of the molecule is CCCCCCC(CC(N)=O)N=[N+]=[N-]. The van der Waals surface area contributed by atoms with Crippen molar-refractivity contribution in [1.29, 1.82) is 0 Å². The summed E-state index contributed by atoms with van der Waals surface area (Å²) in [6, 6.07) is -0.255. The molecule has 0 heterocycles. The Labute approximate surface area is 84.3 Å². The number of nitrogens with zero attached hydrogens (tertiary/aromatic N) is 3. The molecular weight excluding hydrogens is 180 g/mol. The Morgan fingerprint density at radius 1 is 1.50 bits per heavy atom. The quantitative estimate of drug-likeness (QED) is 0.276. The van der Waals surface area contributed by atoms with Gasteiger partial charge in [0.25, 0.3) is 0 Å². The number of carbonyl (C=O) groups excluding carboxylic acids is 1. The Bertz CT molecular complexity index is 211. The van der Waals surface area contributed by atoms with Crippen LogP contribution in [0.1, 0.15) is 45.4 Å². The molecule has 0 aliphatic heterocycles. The van der Waals surface area contributed by atoms with Crippen LogP contribution in [0.5, 0.6) is 0 Å². The average molecular weight is 198 g/mol. The highest BCUT2D eigenvalue weighted by Gasteiger charge is 2.08. The summed E-state index contributed by atoms with van der Waals surface area (Å²) in [4.78, 5) is 13.3. The zero-order chi connectivity index (χ0) is 10.8. The van der Waals surface area contributed by atoms with Gasteiger partial charge in [-0.05, 0) is 12.0 Å². The maximum atomic E-state index is 10.6. The van der Waals surface area contributed by atoms with Gasteiger partial charge in [-0.2, -0.15) is 0 Å². The Morgan fingerprint density at radius 3 is 2.71 bits per heavy atom. The van der Waals surface area contributed by atoms with Crippen LogP contribution in [0.4, 0.5) is 0 Å². The summed E-state index contributed by atoms with van der Waals surface area (Å²) in [5.41, 5.74) is 13.3. The van der Waals surface area contributed by atoms with E-state index in [1.807, 2.05) is 0 Å². The van der Waals surface area contributed by atoms with Crippen LogP contribution in [-0.4, -0.2) is 11.9 Å². The van der Waals surface area contributed by atoms with Gasteiger partial charge in [-0.25, -0.2) is 0 Å². The Kier molecular flexibility index (Phi) is 7.65. The smallest absolute Gasteiger partial charge is 0.217 e. The highest BCUT2D eigenvalue weighted by molar-refractivity contribution is 5.74. The summed E-state index contributed by atoms with van der Waals surface area (Å²) < 4.78 is 0. The number of azide groups is 1. The van der Waals surface area contributed by atoms with Gasteiger partial charge in [-0.15, -0.1) is 0 Å². The molecule has 1 atom stereocenters. The van der Waals surface area contributed by atoms with E-state index in [0.29, 0.717) is 0 Å². The topological polar surface area (TPSA) is 91.9 Å². The van der Waals surface area contributed by atoms with Crippen molar-refractivity contribution in [2.45, 2.75) is 51.5 Å². The maximum absolute atomic E-state index is 10.6. The second kappa shape index (κ2) is 8.38. The minimum atomic E-state index is -0.405. The van der Waals surface area contributed by atoms with Gasteiger partial charge in [-0.3, -0.25) is 4.79 Å². The average Bonchev–Trinajstić information content (AvgIpc) is 2.12. The summed E-state index contributed by atoms with van der Waals surface area (Å²) in [5.74, 6) is -0.405. The van der Waals surface area contributed by atoms with Crippen molar-refractivity contribution in [3.8, 4) is 0 Å². The van der Waals surface area contributed by atoms with Crippen LogP contribution in [-0.2, 0) is 4.79 Å². The lowest BCUT2D eigenvalue weighted by molar-refractivity contribution is -0.118. The van der Waals surface area contributed by atoms with Crippen LogP contribution >= 0.6 is 0 Å². The zero-order valence-electron chi connectivity index (χ0n) is 8.65. The molecule has 0 bridgehead atoms. The number of rotatable bonds is 8. The first-order valence-corrected chi connectivity index (χ1v) is 5.03. The molecule has 14 heavy (non-hydrogen) atoms. The summed E-state index contributed by atoms with van der Waals surface area (Å²) in [5, 5.41) is 3.54. The van der Waals surface area contributed by atoms with Crippen molar-refractivity contribution < 1.29 is 4.79 Å². The van der Waals surface area contributed by atoms with Gasteiger partial charge in [0.15, 0.2) is 0 Å². The Balaban J connectivity index is 3.73. The summed E-state index contributed by atoms with van der Waals surface area (Å²) in [7, 11) is 0. The van der Waals surface area contributed by atoms with Crippen molar-refractivity contribution in [2.75, 3.05) is 0 Å². The minimum absolute atomic E-state index is 0.163. The summed E-state index contributed by atoms with van der Waals surface area (Å²) in [6.45, 7) is 2.13. The zero-order valence-corrected chi connectivity index (χ0v) is 8.65. The molecule has 0 aliphatic rings. The molecule has 0 aromatic rings. The molecule has 80 valence electrons. The molecule has 0 aromatic carbocycles. The number of unbranched alkanes of at least 4 members (excludes halogenated alkanes) is 3. The van der Waals surface area contributed by atoms with Crippen LogP contribution in [0.3, 0.4) is 0 Å². The van der Waals surface area contributed by atoms with E-state index in [4.69, 9.17) is 11.3 Å². The second-order valence-corrected chi connectivity index (χ2v) is 3.38. The highest BCUT2D eigenvalue weighted by Crippen LogP contribution is 2.11. The van der Waals surface area contributed by atoms with Gasteiger partial charge in [-0.1, -0.05) is 37.7 Å². The monoisotopic (exact) mass is 198 g/mol. The van der Waals surface area contributed by atoms with Gasteiger partial charge in [0.2, 0.25) is 5.91 Å². The van der Waals surface area contributed by atoms with E-state index < -0.39 is 5.91 Å². The molecule has 1 amide bonds. The molecule has 0 fully saturated rings. The van der Waals surface area contributed by atoms with Crippen LogP contribution in [0.2, 0.25) is 0 Å². The number of hydrogen-bond acceptors (Lipinski definition) is 2. The molecule has 0 saturated heterocycles. The maximum Gasteiger partial charge on any atom is 0.217 e. The van der Waals surface area contributed by atoms with Crippen LogP contribution in [0.15, 0.2) is 5.11 Å². The molecule has 2 N–H and O–H groups in total. The first-order valence-electron chi connectivity index (χ1n) is 5.03. The van der Waals surface area contributed by atoms with Crippen molar-refractivity contribution in [1.82, 2.24) is 0 Å². The van der Waals surface area contributed by atoms with E-state index in [0.717, 1.165) is 19.3 Å². The molecule has 0 spiro atoms. The molecular formula is C9H18N4O. The van der Waals surface area contributed by atoms with E-state index in [-0.39, 0.29) is 12.5 Å². The molecule has 0 rings (SSSR count). The first kappa shape index (κ1) is 12.8. The van der Waals surface area contributed by atoms with Gasteiger partial charge in [0.1, 0.15) is 0 Å². The van der Waals surface area contributed by atoms with Crippen molar-refractivity contribution in [3.63, 3.8) is 0 Å². The number of carbonyl (C=O) groups is 1. The third kappa shape index (κ3) is 7.43. The molecule has 5 nitrogen and oxygen atoms in total. The van der Waals surface area contributed by atoms with E-state index in [1.54, 1.807) is 0 Å². The lowest BCUT2D eigenvalue weighted by Gasteiger charge is -2.07. The van der Waals surface area contributed by atoms with Crippen molar-refractivity contribution >= 4 is 5.91 Å². The summed E-state index contributed by atoms with van der Waals surface area (Å²) >= 11 is 0. The first-order chi connectivity index (χ1) is 6.70. The number of amides is 1.